The normalized spacial score (nSPS) is 10.4. The third kappa shape index (κ3) is 4.94. The van der Waals surface area contributed by atoms with Gasteiger partial charge in [-0.2, -0.15) is 0 Å². The Morgan fingerprint density at radius 2 is 2.00 bits per heavy atom. The van der Waals surface area contributed by atoms with Gasteiger partial charge in [0.2, 0.25) is 0 Å². The van der Waals surface area contributed by atoms with Crippen molar-refractivity contribution in [3.8, 4) is 0 Å². The van der Waals surface area contributed by atoms with Crippen LogP contribution in [0.25, 0.3) is 0 Å². The first-order valence-corrected chi connectivity index (χ1v) is 5.51. The number of carbonyl (C=O) groups excluding carboxylic acids is 1. The lowest BCUT2D eigenvalue weighted by atomic mass is 10.1. The predicted molar refractivity (Wildman–Crippen MR) is 64.3 cm³/mol. The average Bonchev–Trinajstić information content (AvgIpc) is 2.30. The molecule has 0 atom stereocenters. The summed E-state index contributed by atoms with van der Waals surface area (Å²) in [5.41, 5.74) is 1.34. The second kappa shape index (κ2) is 7.01. The fourth-order valence-electron chi connectivity index (χ4n) is 1.56. The number of benzene rings is 1. The molecular weight excluding hydrogens is 202 g/mol. The van der Waals surface area contributed by atoms with Crippen molar-refractivity contribution in [3.63, 3.8) is 0 Å². The van der Waals surface area contributed by atoms with Crippen LogP contribution in [0.5, 0.6) is 0 Å². The standard InChI is InChI=1S/C13H19NO2/c1-14(11-13(15)16-2)10-6-9-12-7-4-3-5-8-12/h3-5,7-8H,6,9-11H2,1-2H3. The molecule has 0 spiro atoms. The summed E-state index contributed by atoms with van der Waals surface area (Å²) in [5, 5.41) is 0. The topological polar surface area (TPSA) is 29.5 Å². The lowest BCUT2D eigenvalue weighted by molar-refractivity contribution is -0.141. The lowest BCUT2D eigenvalue weighted by Gasteiger charge is -2.14. The summed E-state index contributed by atoms with van der Waals surface area (Å²) in [6.07, 6.45) is 2.10. The molecular formula is C13H19NO2. The maximum Gasteiger partial charge on any atom is 0.319 e. The van der Waals surface area contributed by atoms with Crippen molar-refractivity contribution in [1.82, 2.24) is 4.90 Å². The molecule has 1 aromatic carbocycles. The van der Waals surface area contributed by atoms with Gasteiger partial charge in [0.05, 0.1) is 13.7 Å². The summed E-state index contributed by atoms with van der Waals surface area (Å²) in [6.45, 7) is 1.27. The molecule has 0 saturated heterocycles. The molecule has 16 heavy (non-hydrogen) atoms. The van der Waals surface area contributed by atoms with Gasteiger partial charge in [-0.25, -0.2) is 0 Å². The van der Waals surface area contributed by atoms with Gasteiger partial charge >= 0.3 is 5.97 Å². The van der Waals surface area contributed by atoms with Gasteiger partial charge in [-0.1, -0.05) is 30.3 Å². The Bertz CT molecular complexity index is 311. The van der Waals surface area contributed by atoms with Crippen molar-refractivity contribution in [2.75, 3.05) is 27.2 Å². The maximum absolute atomic E-state index is 11.0. The van der Waals surface area contributed by atoms with Crippen LogP contribution < -0.4 is 0 Å². The minimum atomic E-state index is -0.179. The van der Waals surface area contributed by atoms with Crippen LogP contribution in [0.1, 0.15) is 12.0 Å². The molecule has 0 N–H and O–H groups in total. The fourth-order valence-corrected chi connectivity index (χ4v) is 1.56. The second-order valence-corrected chi connectivity index (χ2v) is 3.90. The minimum absolute atomic E-state index is 0.179. The van der Waals surface area contributed by atoms with Crippen LogP contribution in [0.15, 0.2) is 30.3 Å². The zero-order valence-corrected chi connectivity index (χ0v) is 9.98. The van der Waals surface area contributed by atoms with Crippen LogP contribution in [0, 0.1) is 0 Å². The molecule has 0 fully saturated rings. The molecule has 88 valence electrons. The van der Waals surface area contributed by atoms with Gasteiger partial charge in [0.1, 0.15) is 0 Å². The summed E-state index contributed by atoms with van der Waals surface area (Å²) < 4.78 is 4.60. The van der Waals surface area contributed by atoms with E-state index in [0.29, 0.717) is 6.54 Å². The van der Waals surface area contributed by atoms with Crippen LogP contribution in [0.3, 0.4) is 0 Å². The van der Waals surface area contributed by atoms with Crippen molar-refractivity contribution in [2.24, 2.45) is 0 Å². The number of hydrogen-bond acceptors (Lipinski definition) is 3. The molecule has 0 heterocycles. The molecule has 1 aromatic rings. The number of likely N-dealkylation sites (N-methyl/N-ethyl adjacent to an activating group) is 1. The molecule has 3 nitrogen and oxygen atoms in total. The maximum atomic E-state index is 11.0. The Hall–Kier alpha value is -1.35. The van der Waals surface area contributed by atoms with Gasteiger partial charge in [0.25, 0.3) is 0 Å². The third-order valence-electron chi connectivity index (χ3n) is 2.47. The average molecular weight is 221 g/mol. The summed E-state index contributed by atoms with van der Waals surface area (Å²) in [6, 6.07) is 10.4. The zero-order chi connectivity index (χ0) is 11.8. The summed E-state index contributed by atoms with van der Waals surface area (Å²) >= 11 is 0. The van der Waals surface area contributed by atoms with E-state index in [1.165, 1.54) is 12.7 Å². The second-order valence-electron chi connectivity index (χ2n) is 3.90. The number of aryl methyl sites for hydroxylation is 1. The first kappa shape index (κ1) is 12.7. The quantitative estimate of drug-likeness (QED) is 0.685. The van der Waals surface area contributed by atoms with E-state index in [1.54, 1.807) is 0 Å². The number of rotatable bonds is 6. The van der Waals surface area contributed by atoms with Crippen LogP contribution >= 0.6 is 0 Å². The number of methoxy groups -OCH3 is 1. The first-order valence-electron chi connectivity index (χ1n) is 5.51. The highest BCUT2D eigenvalue weighted by Gasteiger charge is 2.05. The smallest absolute Gasteiger partial charge is 0.319 e. The Labute approximate surface area is 97.0 Å². The Kier molecular flexibility index (Phi) is 5.57. The number of esters is 1. The highest BCUT2D eigenvalue weighted by molar-refractivity contribution is 5.71. The first-order chi connectivity index (χ1) is 7.72. The van der Waals surface area contributed by atoms with Crippen LogP contribution in [-0.4, -0.2) is 38.1 Å². The number of carbonyl (C=O) groups is 1. The van der Waals surface area contributed by atoms with E-state index in [-0.39, 0.29) is 5.97 Å². The van der Waals surface area contributed by atoms with Gasteiger partial charge in [-0.15, -0.1) is 0 Å². The van der Waals surface area contributed by atoms with E-state index < -0.39 is 0 Å². The molecule has 0 aromatic heterocycles. The van der Waals surface area contributed by atoms with E-state index in [9.17, 15) is 4.79 Å². The molecule has 0 aliphatic carbocycles. The number of nitrogens with zero attached hydrogens (tertiary/aromatic N) is 1. The molecule has 0 amide bonds. The molecule has 0 aliphatic rings. The predicted octanol–water partition coefficient (Wildman–Crippen LogP) is 1.72. The number of hydrogen-bond donors (Lipinski definition) is 0. The molecule has 0 bridgehead atoms. The van der Waals surface area contributed by atoms with E-state index in [1.807, 2.05) is 30.1 Å². The third-order valence-corrected chi connectivity index (χ3v) is 2.47. The highest BCUT2D eigenvalue weighted by atomic mass is 16.5. The SMILES string of the molecule is COC(=O)CN(C)CCCc1ccccc1. The molecule has 0 saturated carbocycles. The summed E-state index contributed by atoms with van der Waals surface area (Å²) in [5.74, 6) is -0.179. The van der Waals surface area contributed by atoms with Crippen LogP contribution in [-0.2, 0) is 16.0 Å². The molecule has 0 unspecified atom stereocenters. The highest BCUT2D eigenvalue weighted by Crippen LogP contribution is 2.02. The Morgan fingerprint density at radius 1 is 1.31 bits per heavy atom. The molecule has 1 rings (SSSR count). The van der Waals surface area contributed by atoms with E-state index in [0.717, 1.165) is 19.4 Å². The minimum Gasteiger partial charge on any atom is -0.468 e. The van der Waals surface area contributed by atoms with Gasteiger partial charge in [0, 0.05) is 0 Å². The largest absolute Gasteiger partial charge is 0.468 e. The number of ether oxygens (including phenoxy) is 1. The van der Waals surface area contributed by atoms with E-state index >= 15 is 0 Å². The van der Waals surface area contributed by atoms with Crippen molar-refractivity contribution < 1.29 is 9.53 Å². The Morgan fingerprint density at radius 3 is 2.62 bits per heavy atom. The zero-order valence-electron chi connectivity index (χ0n) is 9.98. The molecule has 0 radical (unpaired) electrons. The van der Waals surface area contributed by atoms with E-state index in [4.69, 9.17) is 0 Å². The van der Waals surface area contributed by atoms with Crippen molar-refractivity contribution >= 4 is 5.97 Å². The van der Waals surface area contributed by atoms with Gasteiger partial charge in [-0.05, 0) is 32.0 Å². The molecule has 0 aliphatic heterocycles. The van der Waals surface area contributed by atoms with Crippen molar-refractivity contribution in [2.45, 2.75) is 12.8 Å². The van der Waals surface area contributed by atoms with Crippen LogP contribution in [0.4, 0.5) is 0 Å². The van der Waals surface area contributed by atoms with E-state index in [2.05, 4.69) is 16.9 Å². The summed E-state index contributed by atoms with van der Waals surface area (Å²) in [4.78, 5) is 13.0. The monoisotopic (exact) mass is 221 g/mol. The lowest BCUT2D eigenvalue weighted by Crippen LogP contribution is -2.27. The summed E-state index contributed by atoms with van der Waals surface area (Å²) in [7, 11) is 3.35. The van der Waals surface area contributed by atoms with Crippen molar-refractivity contribution in [1.29, 1.82) is 0 Å². The fraction of sp³-hybridized carbons (Fsp3) is 0.462. The van der Waals surface area contributed by atoms with Gasteiger partial charge in [-0.3, -0.25) is 9.69 Å². The van der Waals surface area contributed by atoms with Crippen molar-refractivity contribution in [3.05, 3.63) is 35.9 Å². The van der Waals surface area contributed by atoms with Gasteiger partial charge in [0.15, 0.2) is 0 Å². The molecule has 3 heteroatoms. The Balaban J connectivity index is 2.18. The van der Waals surface area contributed by atoms with Crippen LogP contribution in [0.2, 0.25) is 0 Å². The van der Waals surface area contributed by atoms with Gasteiger partial charge < -0.3 is 4.74 Å².